The number of hydrogen-bond acceptors (Lipinski definition) is 8. The second kappa shape index (κ2) is 11.8. The Morgan fingerprint density at radius 2 is 1.87 bits per heavy atom. The van der Waals surface area contributed by atoms with Crippen molar-refractivity contribution in [2.24, 2.45) is 0 Å². The van der Waals surface area contributed by atoms with Crippen LogP contribution in [0.2, 0.25) is 0 Å². The molecule has 2 aliphatic heterocycles. The van der Waals surface area contributed by atoms with Crippen LogP contribution < -0.4 is 24.3 Å². The summed E-state index contributed by atoms with van der Waals surface area (Å²) in [5, 5.41) is 2.15. The van der Waals surface area contributed by atoms with Gasteiger partial charge in [0, 0.05) is 11.8 Å². The number of ether oxygens (including phenoxy) is 4. The maximum Gasteiger partial charge on any atom is 0.294 e. The molecule has 2 aliphatic rings. The van der Waals surface area contributed by atoms with E-state index in [1.165, 1.54) is 0 Å². The highest BCUT2D eigenvalue weighted by Crippen LogP contribution is 2.40. The van der Waals surface area contributed by atoms with Crippen molar-refractivity contribution in [1.82, 2.24) is 4.90 Å². The van der Waals surface area contributed by atoms with Gasteiger partial charge in [0.05, 0.1) is 16.0 Å². The van der Waals surface area contributed by atoms with Crippen LogP contribution in [0.3, 0.4) is 0 Å². The first-order valence-corrected chi connectivity index (χ1v) is 13.6. The Balaban J connectivity index is 1.28. The number of halogens is 1. The third-order valence-electron chi connectivity index (χ3n) is 5.69. The molecule has 0 aromatic heterocycles. The Hall–Kier alpha value is -3.96. The highest BCUT2D eigenvalue weighted by atomic mass is 79.9. The summed E-state index contributed by atoms with van der Waals surface area (Å²) in [5.41, 5.74) is 2.11. The molecule has 39 heavy (non-hydrogen) atoms. The molecule has 9 nitrogen and oxygen atoms in total. The maximum atomic E-state index is 13.0. The Labute approximate surface area is 237 Å². The molecular formula is C28H23BrN2O7S. The summed E-state index contributed by atoms with van der Waals surface area (Å²) in [6.07, 6.45) is 1.59. The molecule has 3 aromatic rings. The van der Waals surface area contributed by atoms with Crippen molar-refractivity contribution in [1.29, 1.82) is 0 Å². The minimum atomic E-state index is -0.552. The van der Waals surface area contributed by atoms with Gasteiger partial charge in [-0.1, -0.05) is 30.3 Å². The number of thioether (sulfide) groups is 1. The van der Waals surface area contributed by atoms with E-state index in [2.05, 4.69) is 21.2 Å². The van der Waals surface area contributed by atoms with Gasteiger partial charge in [-0.05, 0) is 76.1 Å². The summed E-state index contributed by atoms with van der Waals surface area (Å²) in [6, 6.07) is 18.2. The zero-order valence-corrected chi connectivity index (χ0v) is 23.2. The number of nitrogens with zero attached hydrogens (tertiary/aromatic N) is 1. The SMILES string of the molecule is CCOc1cc(/C=C2/SC(=O)N(CC(=O)Nc3ccc4c(c3)OCO4)C2=O)cc(Br)c1OCc1ccccc1. The predicted octanol–water partition coefficient (Wildman–Crippen LogP) is 5.83. The highest BCUT2D eigenvalue weighted by molar-refractivity contribution is 9.10. The zero-order valence-electron chi connectivity index (χ0n) is 20.8. The Kier molecular flexibility index (Phi) is 8.08. The van der Waals surface area contributed by atoms with Crippen molar-refractivity contribution in [2.45, 2.75) is 13.5 Å². The highest BCUT2D eigenvalue weighted by Gasteiger charge is 2.36. The van der Waals surface area contributed by atoms with Gasteiger partial charge in [-0.3, -0.25) is 19.3 Å². The molecule has 0 unspecified atom stereocenters. The minimum Gasteiger partial charge on any atom is -0.490 e. The number of fused-ring (bicyclic) bond motifs is 1. The Morgan fingerprint density at radius 1 is 1.08 bits per heavy atom. The van der Waals surface area contributed by atoms with E-state index in [9.17, 15) is 14.4 Å². The van der Waals surface area contributed by atoms with Crippen LogP contribution >= 0.6 is 27.7 Å². The molecule has 0 saturated carbocycles. The predicted molar refractivity (Wildman–Crippen MR) is 150 cm³/mol. The van der Waals surface area contributed by atoms with E-state index in [0.717, 1.165) is 22.2 Å². The molecule has 0 bridgehead atoms. The molecule has 1 fully saturated rings. The fourth-order valence-corrected chi connectivity index (χ4v) is 5.32. The Morgan fingerprint density at radius 3 is 2.67 bits per heavy atom. The molecule has 0 atom stereocenters. The summed E-state index contributed by atoms with van der Waals surface area (Å²) >= 11 is 4.31. The van der Waals surface area contributed by atoms with E-state index in [0.29, 0.717) is 51.9 Å². The molecule has 2 heterocycles. The summed E-state index contributed by atoms with van der Waals surface area (Å²) in [4.78, 5) is 39.3. The van der Waals surface area contributed by atoms with Gasteiger partial charge in [-0.15, -0.1) is 0 Å². The van der Waals surface area contributed by atoms with E-state index in [1.807, 2.05) is 37.3 Å². The average molecular weight is 611 g/mol. The Bertz CT molecular complexity index is 1460. The molecule has 0 radical (unpaired) electrons. The zero-order chi connectivity index (χ0) is 27.4. The molecule has 200 valence electrons. The number of rotatable bonds is 9. The fourth-order valence-electron chi connectivity index (χ4n) is 3.91. The minimum absolute atomic E-state index is 0.113. The smallest absolute Gasteiger partial charge is 0.294 e. The van der Waals surface area contributed by atoms with Crippen LogP contribution in [-0.2, 0) is 16.2 Å². The second-order valence-corrected chi connectivity index (χ2v) is 10.3. The van der Waals surface area contributed by atoms with Gasteiger partial charge in [0.2, 0.25) is 12.7 Å². The van der Waals surface area contributed by atoms with Gasteiger partial charge < -0.3 is 24.3 Å². The molecule has 0 aliphatic carbocycles. The lowest BCUT2D eigenvalue weighted by atomic mass is 10.1. The lowest BCUT2D eigenvalue weighted by Crippen LogP contribution is -2.36. The number of nitrogens with one attached hydrogen (secondary N) is 1. The van der Waals surface area contributed by atoms with Crippen molar-refractivity contribution in [3.63, 3.8) is 0 Å². The lowest BCUT2D eigenvalue weighted by molar-refractivity contribution is -0.127. The number of benzene rings is 3. The van der Waals surface area contributed by atoms with E-state index in [-0.39, 0.29) is 11.7 Å². The normalized spacial score (nSPS) is 15.1. The molecule has 0 spiro atoms. The number of carbonyl (C=O) groups is 3. The quantitative estimate of drug-likeness (QED) is 0.302. The van der Waals surface area contributed by atoms with Crippen LogP contribution in [0.1, 0.15) is 18.1 Å². The summed E-state index contributed by atoms with van der Waals surface area (Å²) in [7, 11) is 0. The van der Waals surface area contributed by atoms with Crippen LogP contribution in [0.4, 0.5) is 10.5 Å². The lowest BCUT2D eigenvalue weighted by Gasteiger charge is -2.15. The van der Waals surface area contributed by atoms with E-state index < -0.39 is 23.6 Å². The standard InChI is InChI=1S/C28H23BrN2O7S/c1-2-35-23-11-18(10-20(29)26(23)36-15-17-6-4-3-5-7-17)12-24-27(33)31(28(34)39-24)14-25(32)30-19-8-9-21-22(13-19)38-16-37-21/h3-13H,2,14-16H2,1H3,(H,30,32)/b24-12+. The van der Waals surface area contributed by atoms with Crippen LogP contribution in [0.25, 0.3) is 6.08 Å². The maximum absolute atomic E-state index is 13.0. The molecule has 1 saturated heterocycles. The third-order valence-corrected chi connectivity index (χ3v) is 7.18. The largest absolute Gasteiger partial charge is 0.490 e. The van der Waals surface area contributed by atoms with Crippen molar-refractivity contribution in [3.8, 4) is 23.0 Å². The first-order valence-electron chi connectivity index (χ1n) is 12.0. The van der Waals surface area contributed by atoms with E-state index in [4.69, 9.17) is 18.9 Å². The first kappa shape index (κ1) is 26.6. The van der Waals surface area contributed by atoms with E-state index >= 15 is 0 Å². The molecule has 5 rings (SSSR count). The number of anilines is 1. The molecule has 1 N–H and O–H groups in total. The third kappa shape index (κ3) is 6.21. The fraction of sp³-hybridized carbons (Fsp3) is 0.179. The first-order chi connectivity index (χ1) is 18.9. The van der Waals surface area contributed by atoms with Gasteiger partial charge in [0.1, 0.15) is 13.2 Å². The van der Waals surface area contributed by atoms with Crippen molar-refractivity contribution in [2.75, 3.05) is 25.3 Å². The second-order valence-electron chi connectivity index (χ2n) is 8.42. The number of imide groups is 1. The van der Waals surface area contributed by atoms with Gasteiger partial charge in [-0.2, -0.15) is 0 Å². The average Bonchev–Trinajstić information content (AvgIpc) is 3.48. The number of amides is 3. The van der Waals surface area contributed by atoms with Crippen LogP contribution in [0, 0.1) is 0 Å². The van der Waals surface area contributed by atoms with Crippen molar-refractivity contribution < 1.29 is 33.3 Å². The monoisotopic (exact) mass is 610 g/mol. The molecule has 11 heteroatoms. The van der Waals surface area contributed by atoms with E-state index in [1.54, 1.807) is 36.4 Å². The molecule has 3 aromatic carbocycles. The van der Waals surface area contributed by atoms with Gasteiger partial charge in [0.15, 0.2) is 23.0 Å². The summed E-state index contributed by atoms with van der Waals surface area (Å²) < 4.78 is 23.0. The number of hydrogen-bond donors (Lipinski definition) is 1. The van der Waals surface area contributed by atoms with Crippen LogP contribution in [0.15, 0.2) is 70.0 Å². The summed E-state index contributed by atoms with van der Waals surface area (Å²) in [6.45, 7) is 2.32. The van der Waals surface area contributed by atoms with Crippen molar-refractivity contribution in [3.05, 3.63) is 81.2 Å². The van der Waals surface area contributed by atoms with Crippen LogP contribution in [-0.4, -0.2) is 41.9 Å². The summed E-state index contributed by atoms with van der Waals surface area (Å²) in [5.74, 6) is 1.06. The number of carbonyl (C=O) groups excluding carboxylic acids is 3. The molecular weight excluding hydrogens is 588 g/mol. The molecule has 3 amide bonds. The van der Waals surface area contributed by atoms with Gasteiger partial charge in [-0.25, -0.2) is 0 Å². The topological polar surface area (TPSA) is 103 Å². The van der Waals surface area contributed by atoms with Crippen molar-refractivity contribution >= 4 is 56.5 Å². The van der Waals surface area contributed by atoms with Crippen LogP contribution in [0.5, 0.6) is 23.0 Å². The van der Waals surface area contributed by atoms with Gasteiger partial charge in [0.25, 0.3) is 11.1 Å². The van der Waals surface area contributed by atoms with Gasteiger partial charge >= 0.3 is 0 Å².